The summed E-state index contributed by atoms with van der Waals surface area (Å²) < 4.78 is 10.5. The number of hydrogen-bond donors (Lipinski definition) is 1. The summed E-state index contributed by atoms with van der Waals surface area (Å²) >= 11 is 6.47. The molecule has 0 bridgehead atoms. The molecule has 4 aromatic rings. The topological polar surface area (TPSA) is 111 Å². The Morgan fingerprint density at radius 1 is 1.09 bits per heavy atom. The van der Waals surface area contributed by atoms with Gasteiger partial charge in [0, 0.05) is 24.9 Å². The third kappa shape index (κ3) is 4.80. The van der Waals surface area contributed by atoms with Gasteiger partial charge >= 0.3 is 0 Å². The lowest BCUT2D eigenvalue weighted by molar-refractivity contribution is -0.384. The van der Waals surface area contributed by atoms with Crippen molar-refractivity contribution in [3.05, 3.63) is 92.5 Å². The van der Waals surface area contributed by atoms with E-state index in [1.807, 2.05) is 30.3 Å². The van der Waals surface area contributed by atoms with Gasteiger partial charge in [0.05, 0.1) is 35.1 Å². The summed E-state index contributed by atoms with van der Waals surface area (Å²) in [5.74, 6) is 0.928. The fourth-order valence-electron chi connectivity index (χ4n) is 3.64. The van der Waals surface area contributed by atoms with Gasteiger partial charge in [0.15, 0.2) is 17.3 Å². The summed E-state index contributed by atoms with van der Waals surface area (Å²) in [5, 5.41) is 12.2. The molecule has 0 radical (unpaired) electrons. The number of aromatic nitrogens is 2. The van der Waals surface area contributed by atoms with Crippen LogP contribution in [0.1, 0.15) is 11.4 Å². The molecule has 0 aliphatic heterocycles. The molecule has 0 fully saturated rings. The maximum atomic E-state index is 12.6. The summed E-state index contributed by atoms with van der Waals surface area (Å²) in [6.07, 6.45) is 1.51. The van der Waals surface area contributed by atoms with Crippen LogP contribution in [0.15, 0.2) is 65.5 Å². The van der Waals surface area contributed by atoms with Gasteiger partial charge in [-0.25, -0.2) is 4.98 Å². The second-order valence-electron chi connectivity index (χ2n) is 7.53. The molecule has 1 heterocycles. The van der Waals surface area contributed by atoms with Crippen LogP contribution in [0.25, 0.3) is 22.0 Å². The SMILES string of the molecule is COc1cc2nc(/C(Cl)=C/c3ccc(N(C)c4ccccc4)c([N+](=O)[O-])c3)[nH]c(=O)c2cc1OC. The highest BCUT2D eigenvalue weighted by Gasteiger charge is 2.19. The monoisotopic (exact) mass is 492 g/mol. The van der Waals surface area contributed by atoms with Crippen LogP contribution in [0.4, 0.5) is 17.1 Å². The third-order valence-electron chi connectivity index (χ3n) is 5.43. The van der Waals surface area contributed by atoms with E-state index in [4.69, 9.17) is 21.1 Å². The smallest absolute Gasteiger partial charge is 0.293 e. The molecule has 0 spiro atoms. The first-order valence-electron chi connectivity index (χ1n) is 10.4. The predicted octanol–water partition coefficient (Wildman–Crippen LogP) is 5.35. The van der Waals surface area contributed by atoms with Crippen LogP contribution >= 0.6 is 11.6 Å². The molecule has 3 aromatic carbocycles. The Bertz CT molecular complexity index is 1500. The van der Waals surface area contributed by atoms with Gasteiger partial charge in [0.1, 0.15) is 5.69 Å². The van der Waals surface area contributed by atoms with E-state index < -0.39 is 10.5 Å². The number of para-hydroxylation sites is 1. The molecule has 0 aliphatic carbocycles. The van der Waals surface area contributed by atoms with E-state index in [1.54, 1.807) is 30.1 Å². The number of anilines is 2. The summed E-state index contributed by atoms with van der Waals surface area (Å²) in [6, 6.07) is 17.2. The van der Waals surface area contributed by atoms with Crippen molar-refractivity contribution in [1.29, 1.82) is 0 Å². The number of methoxy groups -OCH3 is 2. The normalized spacial score (nSPS) is 11.4. The zero-order chi connectivity index (χ0) is 25.1. The number of nitrogens with zero attached hydrogens (tertiary/aromatic N) is 3. The maximum Gasteiger partial charge on any atom is 0.293 e. The number of nitro groups is 1. The molecule has 35 heavy (non-hydrogen) atoms. The lowest BCUT2D eigenvalue weighted by Crippen LogP contribution is -2.11. The van der Waals surface area contributed by atoms with Gasteiger partial charge in [-0.1, -0.05) is 35.9 Å². The minimum atomic E-state index is -0.449. The van der Waals surface area contributed by atoms with Crippen molar-refractivity contribution in [2.75, 3.05) is 26.2 Å². The number of rotatable bonds is 7. The Morgan fingerprint density at radius 2 is 1.77 bits per heavy atom. The van der Waals surface area contributed by atoms with Gasteiger partial charge in [-0.05, 0) is 35.9 Å². The molecular formula is C25H21ClN4O5. The van der Waals surface area contributed by atoms with Gasteiger partial charge in [0.25, 0.3) is 11.2 Å². The Labute approximate surface area is 205 Å². The Kier molecular flexibility index (Phi) is 6.70. The van der Waals surface area contributed by atoms with Crippen LogP contribution in [0.2, 0.25) is 0 Å². The van der Waals surface area contributed by atoms with Crippen molar-refractivity contribution in [1.82, 2.24) is 9.97 Å². The second kappa shape index (κ2) is 9.86. The van der Waals surface area contributed by atoms with Crippen molar-refractivity contribution in [2.45, 2.75) is 0 Å². The van der Waals surface area contributed by atoms with Gasteiger partial charge in [-0.15, -0.1) is 0 Å². The second-order valence-corrected chi connectivity index (χ2v) is 7.94. The van der Waals surface area contributed by atoms with E-state index in [0.717, 1.165) is 5.69 Å². The van der Waals surface area contributed by atoms with E-state index in [0.29, 0.717) is 33.7 Å². The minimum absolute atomic E-state index is 0.0913. The average molecular weight is 493 g/mol. The first-order valence-corrected chi connectivity index (χ1v) is 10.8. The van der Waals surface area contributed by atoms with Crippen LogP contribution < -0.4 is 19.9 Å². The largest absolute Gasteiger partial charge is 0.493 e. The molecule has 10 heteroatoms. The predicted molar refractivity (Wildman–Crippen MR) is 137 cm³/mol. The zero-order valence-electron chi connectivity index (χ0n) is 19.1. The van der Waals surface area contributed by atoms with Crippen molar-refractivity contribution >= 4 is 50.7 Å². The molecule has 178 valence electrons. The molecule has 0 amide bonds. The van der Waals surface area contributed by atoms with Crippen LogP contribution in [-0.4, -0.2) is 36.2 Å². The first-order chi connectivity index (χ1) is 16.8. The lowest BCUT2D eigenvalue weighted by Gasteiger charge is -2.19. The number of nitro benzene ring substituents is 1. The number of H-pyrrole nitrogens is 1. The average Bonchev–Trinajstić information content (AvgIpc) is 2.87. The third-order valence-corrected chi connectivity index (χ3v) is 5.72. The fourth-order valence-corrected chi connectivity index (χ4v) is 3.86. The van der Waals surface area contributed by atoms with Gasteiger partial charge in [-0.2, -0.15) is 0 Å². The van der Waals surface area contributed by atoms with Crippen molar-refractivity contribution in [2.24, 2.45) is 0 Å². The summed E-state index contributed by atoms with van der Waals surface area (Å²) in [5.41, 5.74) is 1.56. The quantitative estimate of drug-likeness (QED) is 0.273. The molecule has 0 saturated heterocycles. The Morgan fingerprint density at radius 3 is 2.43 bits per heavy atom. The standard InChI is InChI=1S/C25H21ClN4O5/c1-29(16-7-5-4-6-8-16)20-10-9-15(12-21(20)30(32)33)11-18(26)24-27-19-14-23(35-3)22(34-2)13-17(19)25(31)28-24/h4-14H,1-3H3,(H,27,28,31)/b18-11-. The number of aromatic amines is 1. The summed E-state index contributed by atoms with van der Waals surface area (Å²) in [7, 11) is 4.71. The lowest BCUT2D eigenvalue weighted by atomic mass is 10.1. The molecule has 0 saturated carbocycles. The molecule has 0 aliphatic rings. The molecule has 1 N–H and O–H groups in total. The van der Waals surface area contributed by atoms with Crippen LogP contribution in [0.3, 0.4) is 0 Å². The molecule has 9 nitrogen and oxygen atoms in total. The van der Waals surface area contributed by atoms with E-state index in [9.17, 15) is 14.9 Å². The number of hydrogen-bond acceptors (Lipinski definition) is 7. The zero-order valence-corrected chi connectivity index (χ0v) is 19.9. The number of ether oxygens (including phenoxy) is 2. The molecule has 1 aromatic heterocycles. The van der Waals surface area contributed by atoms with E-state index >= 15 is 0 Å². The minimum Gasteiger partial charge on any atom is -0.493 e. The fraction of sp³-hybridized carbons (Fsp3) is 0.120. The van der Waals surface area contributed by atoms with E-state index in [2.05, 4.69) is 9.97 Å². The van der Waals surface area contributed by atoms with Crippen LogP contribution in [0, 0.1) is 10.1 Å². The summed E-state index contributed by atoms with van der Waals surface area (Å²) in [4.78, 5) is 32.8. The molecular weight excluding hydrogens is 472 g/mol. The molecule has 0 unspecified atom stereocenters. The van der Waals surface area contributed by atoms with Gasteiger partial charge in [-0.3, -0.25) is 14.9 Å². The number of nitrogens with one attached hydrogen (secondary N) is 1. The highest BCUT2D eigenvalue weighted by atomic mass is 35.5. The van der Waals surface area contributed by atoms with Crippen molar-refractivity contribution < 1.29 is 14.4 Å². The maximum absolute atomic E-state index is 12.6. The molecule has 4 rings (SSSR count). The van der Waals surface area contributed by atoms with Crippen molar-refractivity contribution in [3.63, 3.8) is 0 Å². The van der Waals surface area contributed by atoms with Crippen molar-refractivity contribution in [3.8, 4) is 11.5 Å². The summed E-state index contributed by atoms with van der Waals surface area (Å²) in [6.45, 7) is 0. The molecule has 0 atom stereocenters. The van der Waals surface area contributed by atoms with E-state index in [1.165, 1.54) is 32.4 Å². The van der Waals surface area contributed by atoms with E-state index in [-0.39, 0.29) is 16.5 Å². The van der Waals surface area contributed by atoms with Gasteiger partial charge in [0.2, 0.25) is 0 Å². The highest BCUT2D eigenvalue weighted by Crippen LogP contribution is 2.35. The number of benzene rings is 3. The van der Waals surface area contributed by atoms with Crippen LogP contribution in [-0.2, 0) is 0 Å². The number of fused-ring (bicyclic) bond motifs is 1. The number of halogens is 1. The van der Waals surface area contributed by atoms with Gasteiger partial charge < -0.3 is 19.4 Å². The Hall–Kier alpha value is -4.37. The first kappa shape index (κ1) is 23.8. The highest BCUT2D eigenvalue weighted by molar-refractivity contribution is 6.50. The van der Waals surface area contributed by atoms with Crippen LogP contribution in [0.5, 0.6) is 11.5 Å². The Balaban J connectivity index is 1.74.